The Morgan fingerprint density at radius 1 is 1.55 bits per heavy atom. The zero-order chi connectivity index (χ0) is 14.6. The number of anilines is 1. The molecule has 0 aliphatic carbocycles. The van der Waals surface area contributed by atoms with Crippen LogP contribution in [0.15, 0.2) is 12.3 Å². The van der Waals surface area contributed by atoms with Crippen LogP contribution >= 0.6 is 0 Å². The number of carbonyl (C=O) groups excluding carboxylic acids is 1. The van der Waals surface area contributed by atoms with E-state index in [0.717, 1.165) is 0 Å². The minimum absolute atomic E-state index is 0.214. The van der Waals surface area contributed by atoms with Gasteiger partial charge in [-0.2, -0.15) is 17.8 Å². The number of hydrogen-bond donors (Lipinski definition) is 2. The Morgan fingerprint density at radius 2 is 2.25 bits per heavy atom. The number of H-pyrrole nitrogens is 1. The molecule has 9 heteroatoms. The SMILES string of the molecule is CCOC(=O)C1CCN(S(=O)(=O)Nc2ccn[nH]2)CC1. The third kappa shape index (κ3) is 3.48. The molecule has 0 amide bonds. The Kier molecular flexibility index (Phi) is 4.61. The lowest BCUT2D eigenvalue weighted by atomic mass is 9.98. The van der Waals surface area contributed by atoms with Crippen molar-refractivity contribution in [2.45, 2.75) is 19.8 Å². The van der Waals surface area contributed by atoms with E-state index in [9.17, 15) is 13.2 Å². The van der Waals surface area contributed by atoms with Gasteiger partial charge < -0.3 is 4.74 Å². The summed E-state index contributed by atoms with van der Waals surface area (Å²) >= 11 is 0. The average Bonchev–Trinajstić information content (AvgIpc) is 2.91. The van der Waals surface area contributed by atoms with Gasteiger partial charge in [0.1, 0.15) is 5.82 Å². The first-order valence-corrected chi connectivity index (χ1v) is 7.91. The van der Waals surface area contributed by atoms with Gasteiger partial charge in [0.15, 0.2) is 0 Å². The molecular weight excluding hydrogens is 284 g/mol. The molecule has 0 atom stereocenters. The molecule has 0 unspecified atom stereocenters. The number of piperidine rings is 1. The summed E-state index contributed by atoms with van der Waals surface area (Å²) in [6.45, 7) is 2.70. The molecule has 1 aromatic rings. The summed E-state index contributed by atoms with van der Waals surface area (Å²) in [5.74, 6) is -0.142. The topological polar surface area (TPSA) is 104 Å². The van der Waals surface area contributed by atoms with Gasteiger partial charge in [0.05, 0.1) is 18.7 Å². The summed E-state index contributed by atoms with van der Waals surface area (Å²) in [6, 6.07) is 1.53. The van der Waals surface area contributed by atoms with Crippen molar-refractivity contribution in [3.63, 3.8) is 0 Å². The molecule has 0 bridgehead atoms. The van der Waals surface area contributed by atoms with Gasteiger partial charge in [-0.25, -0.2) is 0 Å². The Morgan fingerprint density at radius 3 is 2.80 bits per heavy atom. The van der Waals surface area contributed by atoms with Crippen molar-refractivity contribution in [2.24, 2.45) is 5.92 Å². The van der Waals surface area contributed by atoms with Crippen LogP contribution in [0.25, 0.3) is 0 Å². The highest BCUT2D eigenvalue weighted by Crippen LogP contribution is 2.21. The predicted molar refractivity (Wildman–Crippen MR) is 72.1 cm³/mol. The van der Waals surface area contributed by atoms with Crippen molar-refractivity contribution in [1.29, 1.82) is 0 Å². The number of aromatic nitrogens is 2. The maximum atomic E-state index is 12.1. The van der Waals surface area contributed by atoms with Crippen LogP contribution < -0.4 is 4.72 Å². The van der Waals surface area contributed by atoms with Crippen LogP contribution in [0.5, 0.6) is 0 Å². The molecule has 1 saturated heterocycles. The van der Waals surface area contributed by atoms with Crippen LogP contribution in [0.4, 0.5) is 5.82 Å². The van der Waals surface area contributed by atoms with E-state index in [-0.39, 0.29) is 11.9 Å². The average molecular weight is 302 g/mol. The van der Waals surface area contributed by atoms with Gasteiger partial charge in [0.2, 0.25) is 0 Å². The van der Waals surface area contributed by atoms with E-state index in [4.69, 9.17) is 4.74 Å². The fourth-order valence-corrected chi connectivity index (χ4v) is 3.32. The Bertz CT molecular complexity index is 535. The number of nitrogens with zero attached hydrogens (tertiary/aromatic N) is 2. The van der Waals surface area contributed by atoms with E-state index in [2.05, 4.69) is 14.9 Å². The number of carbonyl (C=O) groups is 1. The van der Waals surface area contributed by atoms with Crippen molar-refractivity contribution in [2.75, 3.05) is 24.4 Å². The number of rotatable bonds is 5. The third-order valence-corrected chi connectivity index (χ3v) is 4.68. The molecule has 2 heterocycles. The van der Waals surface area contributed by atoms with Gasteiger partial charge in [-0.3, -0.25) is 14.6 Å². The second kappa shape index (κ2) is 6.23. The molecule has 0 aromatic carbocycles. The largest absolute Gasteiger partial charge is 0.466 e. The lowest BCUT2D eigenvalue weighted by Crippen LogP contribution is -2.43. The fourth-order valence-electron chi connectivity index (χ4n) is 2.11. The van der Waals surface area contributed by atoms with Crippen molar-refractivity contribution in [3.05, 3.63) is 12.3 Å². The van der Waals surface area contributed by atoms with E-state index in [1.807, 2.05) is 0 Å². The molecule has 1 aromatic heterocycles. The number of aromatic amines is 1. The molecule has 20 heavy (non-hydrogen) atoms. The van der Waals surface area contributed by atoms with E-state index in [1.54, 1.807) is 6.92 Å². The van der Waals surface area contributed by atoms with Crippen molar-refractivity contribution >= 4 is 22.0 Å². The molecule has 0 radical (unpaired) electrons. The summed E-state index contributed by atoms with van der Waals surface area (Å²) in [5, 5.41) is 6.21. The van der Waals surface area contributed by atoms with Crippen LogP contribution in [0.1, 0.15) is 19.8 Å². The van der Waals surface area contributed by atoms with Gasteiger partial charge >= 0.3 is 16.2 Å². The van der Waals surface area contributed by atoms with Gasteiger partial charge in [0, 0.05) is 19.2 Å². The highest BCUT2D eigenvalue weighted by atomic mass is 32.2. The molecule has 2 rings (SSSR count). The van der Waals surface area contributed by atoms with Gasteiger partial charge in [-0.1, -0.05) is 0 Å². The number of ether oxygens (including phenoxy) is 1. The van der Waals surface area contributed by atoms with Gasteiger partial charge in [-0.15, -0.1) is 0 Å². The number of esters is 1. The minimum atomic E-state index is -3.61. The summed E-state index contributed by atoms with van der Waals surface area (Å²) < 4.78 is 32.9. The normalized spacial score (nSPS) is 17.9. The quantitative estimate of drug-likeness (QED) is 0.763. The first-order chi connectivity index (χ1) is 9.53. The van der Waals surface area contributed by atoms with Crippen LogP contribution in [0, 0.1) is 5.92 Å². The zero-order valence-corrected chi connectivity index (χ0v) is 12.0. The summed E-state index contributed by atoms with van der Waals surface area (Å²) in [4.78, 5) is 11.6. The highest BCUT2D eigenvalue weighted by molar-refractivity contribution is 7.90. The molecule has 0 saturated carbocycles. The molecule has 1 aliphatic heterocycles. The maximum absolute atomic E-state index is 12.1. The first-order valence-electron chi connectivity index (χ1n) is 6.47. The second-order valence-corrected chi connectivity index (χ2v) is 6.17. The monoisotopic (exact) mass is 302 g/mol. The van der Waals surface area contributed by atoms with E-state index < -0.39 is 10.2 Å². The van der Waals surface area contributed by atoms with E-state index >= 15 is 0 Å². The standard InChI is InChI=1S/C11H18N4O4S/c1-2-19-11(16)9-4-7-15(8-5-9)20(17,18)14-10-3-6-12-13-10/h3,6,9H,2,4-5,7-8H2,1H3,(H2,12,13,14). The summed E-state index contributed by atoms with van der Waals surface area (Å²) in [5.41, 5.74) is 0. The second-order valence-electron chi connectivity index (χ2n) is 4.50. The third-order valence-electron chi connectivity index (χ3n) is 3.15. The molecule has 112 valence electrons. The molecular formula is C11H18N4O4S. The van der Waals surface area contributed by atoms with Crippen LogP contribution in [-0.2, 0) is 19.7 Å². The van der Waals surface area contributed by atoms with Crippen LogP contribution in [0.2, 0.25) is 0 Å². The lowest BCUT2D eigenvalue weighted by Gasteiger charge is -2.29. The predicted octanol–water partition coefficient (Wildman–Crippen LogP) is 0.341. The smallest absolute Gasteiger partial charge is 0.309 e. The molecule has 2 N–H and O–H groups in total. The zero-order valence-electron chi connectivity index (χ0n) is 11.2. The van der Waals surface area contributed by atoms with Crippen LogP contribution in [-0.4, -0.2) is 48.6 Å². The minimum Gasteiger partial charge on any atom is -0.466 e. The Hall–Kier alpha value is -1.61. The summed E-state index contributed by atoms with van der Waals surface area (Å²) in [6.07, 6.45) is 2.41. The van der Waals surface area contributed by atoms with Crippen molar-refractivity contribution < 1.29 is 17.9 Å². The maximum Gasteiger partial charge on any atom is 0.309 e. The molecule has 8 nitrogen and oxygen atoms in total. The van der Waals surface area contributed by atoms with Gasteiger partial charge in [0.25, 0.3) is 0 Å². The first kappa shape index (κ1) is 14.8. The lowest BCUT2D eigenvalue weighted by molar-refractivity contribution is -0.149. The number of nitrogens with one attached hydrogen (secondary N) is 2. The van der Waals surface area contributed by atoms with Gasteiger partial charge in [-0.05, 0) is 19.8 Å². The van der Waals surface area contributed by atoms with Crippen LogP contribution in [0.3, 0.4) is 0 Å². The fraction of sp³-hybridized carbons (Fsp3) is 0.636. The molecule has 0 spiro atoms. The van der Waals surface area contributed by atoms with Crippen molar-refractivity contribution in [3.8, 4) is 0 Å². The Labute approximate surface area is 117 Å². The number of hydrogen-bond acceptors (Lipinski definition) is 5. The molecule has 1 fully saturated rings. The molecule has 1 aliphatic rings. The highest BCUT2D eigenvalue weighted by Gasteiger charge is 2.31. The Balaban J connectivity index is 1.91. The van der Waals surface area contributed by atoms with E-state index in [0.29, 0.717) is 38.4 Å². The summed E-state index contributed by atoms with van der Waals surface area (Å²) in [7, 11) is -3.61. The van der Waals surface area contributed by atoms with E-state index in [1.165, 1.54) is 16.6 Å². The van der Waals surface area contributed by atoms with Crippen molar-refractivity contribution in [1.82, 2.24) is 14.5 Å².